The highest BCUT2D eigenvalue weighted by atomic mass is 16.8. The van der Waals surface area contributed by atoms with E-state index in [-0.39, 0.29) is 17.6 Å². The zero-order valence-corrected chi connectivity index (χ0v) is 18.9. The van der Waals surface area contributed by atoms with Crippen LogP contribution in [0.5, 0.6) is 0 Å². The van der Waals surface area contributed by atoms with E-state index >= 15 is 0 Å². The van der Waals surface area contributed by atoms with Crippen molar-refractivity contribution in [2.75, 3.05) is 14.2 Å². The number of hydrogen-bond donors (Lipinski definition) is 0. The predicted octanol–water partition coefficient (Wildman–Crippen LogP) is 3.93. The van der Waals surface area contributed by atoms with E-state index in [0.717, 1.165) is 16.7 Å². The fourth-order valence-electron chi connectivity index (χ4n) is 5.57. The van der Waals surface area contributed by atoms with Gasteiger partial charge in [0.15, 0.2) is 18.4 Å². The van der Waals surface area contributed by atoms with E-state index in [4.69, 9.17) is 18.9 Å². The van der Waals surface area contributed by atoms with Crippen LogP contribution in [0.3, 0.4) is 0 Å². The van der Waals surface area contributed by atoms with Gasteiger partial charge < -0.3 is 18.9 Å². The molecular weight excluding hydrogens is 408 g/mol. The van der Waals surface area contributed by atoms with Crippen molar-refractivity contribution < 1.29 is 28.5 Å². The van der Waals surface area contributed by atoms with Gasteiger partial charge in [0.2, 0.25) is 0 Å². The molecule has 0 bridgehead atoms. The summed E-state index contributed by atoms with van der Waals surface area (Å²) in [6, 6.07) is 9.55. The topological polar surface area (TPSA) is 71.1 Å². The summed E-state index contributed by atoms with van der Waals surface area (Å²) in [5.41, 5.74) is 1.72. The molecule has 2 aliphatic carbocycles. The lowest BCUT2D eigenvalue weighted by Gasteiger charge is -2.54. The molecule has 0 spiro atoms. The first-order chi connectivity index (χ1) is 15.3. The number of rotatable bonds is 5. The molecule has 0 amide bonds. The molecule has 6 heteroatoms. The van der Waals surface area contributed by atoms with Gasteiger partial charge in [-0.25, -0.2) is 4.79 Å². The summed E-state index contributed by atoms with van der Waals surface area (Å²) in [6.07, 6.45) is 3.53. The molecule has 170 valence electrons. The smallest absolute Gasteiger partial charge is 0.331 e. The van der Waals surface area contributed by atoms with E-state index < -0.39 is 36.0 Å². The van der Waals surface area contributed by atoms with Crippen molar-refractivity contribution in [1.29, 1.82) is 0 Å². The minimum atomic E-state index is -0.769. The average molecular weight is 439 g/mol. The molecule has 1 aromatic rings. The zero-order valence-electron chi connectivity index (χ0n) is 18.9. The monoisotopic (exact) mass is 438 g/mol. The van der Waals surface area contributed by atoms with Crippen molar-refractivity contribution in [2.24, 2.45) is 23.2 Å². The van der Waals surface area contributed by atoms with Gasteiger partial charge in [-0.1, -0.05) is 56.3 Å². The molecule has 0 aromatic heterocycles. The van der Waals surface area contributed by atoms with E-state index in [1.165, 1.54) is 13.2 Å². The molecule has 0 radical (unpaired) electrons. The lowest BCUT2D eigenvalue weighted by atomic mass is 9.51. The van der Waals surface area contributed by atoms with Gasteiger partial charge in [0, 0.05) is 31.6 Å². The molecule has 2 fully saturated rings. The largest absolute Gasteiger partial charge is 0.459 e. The van der Waals surface area contributed by atoms with Crippen LogP contribution in [0.25, 0.3) is 6.08 Å². The predicted molar refractivity (Wildman–Crippen MR) is 119 cm³/mol. The third kappa shape index (κ3) is 3.66. The molecule has 6 nitrogen and oxygen atoms in total. The molecular formula is C26H30O6. The third-order valence-corrected chi connectivity index (χ3v) is 7.23. The second kappa shape index (κ2) is 8.77. The van der Waals surface area contributed by atoms with Gasteiger partial charge in [-0.15, -0.1) is 0 Å². The van der Waals surface area contributed by atoms with Crippen LogP contribution >= 0.6 is 0 Å². The van der Waals surface area contributed by atoms with Crippen LogP contribution < -0.4 is 0 Å². The molecule has 7 unspecified atom stereocenters. The highest BCUT2D eigenvalue weighted by Crippen LogP contribution is 2.60. The highest BCUT2D eigenvalue weighted by molar-refractivity contribution is 5.97. The molecule has 0 N–H and O–H groups in total. The Bertz CT molecular complexity index is 964. The summed E-state index contributed by atoms with van der Waals surface area (Å²) in [4.78, 5) is 26.1. The number of allylic oxidation sites excluding steroid dienone is 2. The minimum Gasteiger partial charge on any atom is -0.459 e. The number of fused-ring (bicyclic) bond motifs is 3. The number of methoxy groups -OCH3 is 2. The fourth-order valence-corrected chi connectivity index (χ4v) is 5.57. The van der Waals surface area contributed by atoms with Crippen molar-refractivity contribution in [1.82, 2.24) is 0 Å². The molecule has 1 saturated heterocycles. The van der Waals surface area contributed by atoms with Crippen molar-refractivity contribution in [3.8, 4) is 0 Å². The van der Waals surface area contributed by atoms with Crippen LogP contribution in [0, 0.1) is 23.2 Å². The third-order valence-electron chi connectivity index (χ3n) is 7.23. The maximum atomic E-state index is 13.3. The molecule has 4 rings (SSSR count). The van der Waals surface area contributed by atoms with Crippen molar-refractivity contribution in [3.05, 3.63) is 65.8 Å². The van der Waals surface area contributed by atoms with E-state index in [1.54, 1.807) is 19.3 Å². The Kier molecular flexibility index (Phi) is 6.21. The number of esters is 1. The van der Waals surface area contributed by atoms with E-state index in [1.807, 2.05) is 44.2 Å². The van der Waals surface area contributed by atoms with Crippen molar-refractivity contribution in [2.45, 2.75) is 39.0 Å². The van der Waals surface area contributed by atoms with E-state index in [0.29, 0.717) is 6.42 Å². The summed E-state index contributed by atoms with van der Waals surface area (Å²) in [5.74, 6) is -1.27. The SMILES string of the molecule is C=C1C(C)CC(OC(=O)C=Cc2ccccc2)C2(C)C1C(=O)C=C1C(OC)OC(OC)C12. The maximum absolute atomic E-state index is 13.3. The normalized spacial score (nSPS) is 36.6. The van der Waals surface area contributed by atoms with Gasteiger partial charge in [0.1, 0.15) is 6.10 Å². The van der Waals surface area contributed by atoms with Gasteiger partial charge >= 0.3 is 5.97 Å². The maximum Gasteiger partial charge on any atom is 0.331 e. The van der Waals surface area contributed by atoms with Crippen molar-refractivity contribution >= 4 is 17.8 Å². The Hall–Kier alpha value is -2.54. The Morgan fingerprint density at radius 3 is 2.59 bits per heavy atom. The van der Waals surface area contributed by atoms with Gasteiger partial charge in [0.05, 0.1) is 5.92 Å². The molecule has 7 atom stereocenters. The number of carbonyl (C=O) groups is 2. The fraction of sp³-hybridized carbons (Fsp3) is 0.462. The van der Waals surface area contributed by atoms with Crippen LogP contribution in [0.1, 0.15) is 25.8 Å². The van der Waals surface area contributed by atoms with Gasteiger partial charge in [-0.05, 0) is 35.6 Å². The van der Waals surface area contributed by atoms with E-state index in [9.17, 15) is 9.59 Å². The van der Waals surface area contributed by atoms with Gasteiger partial charge in [0.25, 0.3) is 0 Å². The summed E-state index contributed by atoms with van der Waals surface area (Å²) in [5, 5.41) is 0. The number of ether oxygens (including phenoxy) is 4. The molecule has 3 aliphatic rings. The van der Waals surface area contributed by atoms with Crippen LogP contribution in [-0.2, 0) is 28.5 Å². The Labute approximate surface area is 188 Å². The van der Waals surface area contributed by atoms with Gasteiger partial charge in [-0.3, -0.25) is 4.79 Å². The second-order valence-electron chi connectivity index (χ2n) is 9.01. The molecule has 1 aromatic carbocycles. The number of hydrogen-bond acceptors (Lipinski definition) is 6. The minimum absolute atomic E-state index is 0.0319. The van der Waals surface area contributed by atoms with Gasteiger partial charge in [-0.2, -0.15) is 0 Å². The Morgan fingerprint density at radius 2 is 1.94 bits per heavy atom. The van der Waals surface area contributed by atoms with Crippen LogP contribution in [-0.4, -0.2) is 44.7 Å². The molecule has 1 aliphatic heterocycles. The molecule has 1 saturated carbocycles. The average Bonchev–Trinajstić information content (AvgIpc) is 3.15. The summed E-state index contributed by atoms with van der Waals surface area (Å²) in [7, 11) is 3.10. The highest BCUT2D eigenvalue weighted by Gasteiger charge is 2.64. The lowest BCUT2D eigenvalue weighted by Crippen LogP contribution is -2.58. The Morgan fingerprint density at radius 1 is 1.22 bits per heavy atom. The van der Waals surface area contributed by atoms with Crippen molar-refractivity contribution in [3.63, 3.8) is 0 Å². The second-order valence-corrected chi connectivity index (χ2v) is 9.01. The van der Waals surface area contributed by atoms with Crippen LogP contribution in [0.2, 0.25) is 0 Å². The van der Waals surface area contributed by atoms with Crippen LogP contribution in [0.15, 0.2) is 60.2 Å². The van der Waals surface area contributed by atoms with Crippen LogP contribution in [0.4, 0.5) is 0 Å². The quantitative estimate of drug-likeness (QED) is 0.394. The van der Waals surface area contributed by atoms with E-state index in [2.05, 4.69) is 6.58 Å². The zero-order chi connectivity index (χ0) is 23.0. The summed E-state index contributed by atoms with van der Waals surface area (Å²) >= 11 is 0. The first kappa shape index (κ1) is 22.6. The number of ketones is 1. The number of carbonyl (C=O) groups excluding carboxylic acids is 2. The molecule has 1 heterocycles. The number of benzene rings is 1. The lowest BCUT2D eigenvalue weighted by molar-refractivity contribution is -0.212. The summed E-state index contributed by atoms with van der Waals surface area (Å²) in [6.45, 7) is 8.25. The Balaban J connectivity index is 1.69. The molecule has 32 heavy (non-hydrogen) atoms. The summed E-state index contributed by atoms with van der Waals surface area (Å²) < 4.78 is 23.1. The standard InChI is InChI=1S/C26H30O6/c1-15-13-20(31-21(28)12-11-17-9-7-6-8-10-17)26(3)22(16(15)2)19(27)14-18-23(26)25(30-5)32-24(18)29-4/h6-12,14-15,20,22-25H,2,13H2,1,3-5H3. The first-order valence-electron chi connectivity index (χ1n) is 10.9. The first-order valence-corrected chi connectivity index (χ1v) is 10.9.